The first kappa shape index (κ1) is 11.9. The van der Waals surface area contributed by atoms with Crippen LogP contribution in [0.2, 0.25) is 0 Å². The lowest BCUT2D eigenvalue weighted by atomic mass is 10.1. The third-order valence-corrected chi connectivity index (χ3v) is 2.38. The molecule has 2 rings (SSSR count). The van der Waals surface area contributed by atoms with Gasteiger partial charge in [-0.3, -0.25) is 0 Å². The molecule has 5 heteroatoms. The fourth-order valence-corrected chi connectivity index (χ4v) is 1.46. The number of nitrogen functional groups attached to an aromatic ring is 1. The molecule has 0 amide bonds. The van der Waals surface area contributed by atoms with Crippen LogP contribution in [0, 0.1) is 17.1 Å². The molecule has 1 aromatic heterocycles. The zero-order valence-electron chi connectivity index (χ0n) is 9.43. The number of hydrogen-bond donors (Lipinski definition) is 1. The summed E-state index contributed by atoms with van der Waals surface area (Å²) in [5.74, 6) is 0.0658. The number of nitrogens with zero attached hydrogens (tertiary/aromatic N) is 2. The van der Waals surface area contributed by atoms with E-state index in [1.54, 1.807) is 36.5 Å². The summed E-state index contributed by atoms with van der Waals surface area (Å²) < 4.78 is 19.1. The standard InChI is InChI=1S/C13H10FN3O/c14-12-9(7-15)3-1-4-10(12)8-18-11-5-2-6-17-13(11)16/h1-6H,8H2,(H2,16,17). The molecule has 0 spiro atoms. The van der Waals surface area contributed by atoms with E-state index < -0.39 is 5.82 Å². The number of nitriles is 1. The molecule has 0 saturated heterocycles. The second-order valence-electron chi connectivity index (χ2n) is 3.57. The van der Waals surface area contributed by atoms with Crippen molar-refractivity contribution in [1.82, 2.24) is 4.98 Å². The first-order chi connectivity index (χ1) is 8.72. The molecule has 0 aliphatic carbocycles. The maximum atomic E-state index is 13.7. The summed E-state index contributed by atoms with van der Waals surface area (Å²) in [4.78, 5) is 3.85. The van der Waals surface area contributed by atoms with Crippen LogP contribution in [0.3, 0.4) is 0 Å². The lowest BCUT2D eigenvalue weighted by Crippen LogP contribution is -2.02. The average molecular weight is 243 g/mol. The van der Waals surface area contributed by atoms with Crippen LogP contribution in [0.25, 0.3) is 0 Å². The van der Waals surface area contributed by atoms with E-state index in [1.807, 2.05) is 0 Å². The van der Waals surface area contributed by atoms with E-state index in [9.17, 15) is 4.39 Å². The number of ether oxygens (including phenoxy) is 1. The Labute approximate surface area is 103 Å². The van der Waals surface area contributed by atoms with Crippen LogP contribution >= 0.6 is 0 Å². The Hall–Kier alpha value is -2.61. The topological polar surface area (TPSA) is 71.9 Å². The molecular formula is C13H10FN3O. The molecule has 0 fully saturated rings. The largest absolute Gasteiger partial charge is 0.485 e. The lowest BCUT2D eigenvalue weighted by Gasteiger charge is -2.08. The number of hydrogen-bond acceptors (Lipinski definition) is 4. The summed E-state index contributed by atoms with van der Waals surface area (Å²) in [5.41, 5.74) is 5.90. The lowest BCUT2D eigenvalue weighted by molar-refractivity contribution is 0.300. The second kappa shape index (κ2) is 5.15. The molecule has 1 aromatic carbocycles. The minimum absolute atomic E-state index is 0.00273. The van der Waals surface area contributed by atoms with Crippen molar-refractivity contribution < 1.29 is 9.13 Å². The van der Waals surface area contributed by atoms with Gasteiger partial charge in [-0.2, -0.15) is 5.26 Å². The first-order valence-electron chi connectivity index (χ1n) is 5.23. The van der Waals surface area contributed by atoms with Crippen molar-refractivity contribution in [2.75, 3.05) is 5.73 Å². The van der Waals surface area contributed by atoms with Gasteiger partial charge in [-0.25, -0.2) is 9.37 Å². The highest BCUT2D eigenvalue weighted by molar-refractivity contribution is 5.45. The Morgan fingerprint density at radius 2 is 2.17 bits per heavy atom. The molecular weight excluding hydrogens is 233 g/mol. The Bertz CT molecular complexity index is 607. The number of halogens is 1. The third-order valence-electron chi connectivity index (χ3n) is 2.38. The molecule has 90 valence electrons. The predicted octanol–water partition coefficient (Wildman–Crippen LogP) is 2.25. The van der Waals surface area contributed by atoms with Crippen LogP contribution in [0.1, 0.15) is 11.1 Å². The zero-order valence-corrected chi connectivity index (χ0v) is 9.43. The molecule has 0 radical (unpaired) electrons. The smallest absolute Gasteiger partial charge is 0.166 e. The van der Waals surface area contributed by atoms with Gasteiger partial charge in [-0.05, 0) is 18.2 Å². The Balaban J connectivity index is 2.17. The van der Waals surface area contributed by atoms with Gasteiger partial charge in [0.2, 0.25) is 0 Å². The van der Waals surface area contributed by atoms with Crippen LogP contribution in [-0.2, 0) is 6.61 Å². The average Bonchev–Trinajstić information content (AvgIpc) is 2.39. The summed E-state index contributed by atoms with van der Waals surface area (Å²) in [6.07, 6.45) is 1.54. The minimum Gasteiger partial charge on any atom is -0.485 e. The number of anilines is 1. The number of rotatable bonds is 3. The highest BCUT2D eigenvalue weighted by Crippen LogP contribution is 2.20. The molecule has 2 aromatic rings. The molecule has 2 N–H and O–H groups in total. The van der Waals surface area contributed by atoms with Crippen LogP contribution in [0.5, 0.6) is 5.75 Å². The molecule has 0 aliphatic heterocycles. The summed E-state index contributed by atoms with van der Waals surface area (Å²) in [6, 6.07) is 9.68. The Morgan fingerprint density at radius 3 is 2.89 bits per heavy atom. The van der Waals surface area contributed by atoms with Crippen molar-refractivity contribution in [1.29, 1.82) is 5.26 Å². The number of pyridine rings is 1. The van der Waals surface area contributed by atoms with E-state index in [-0.39, 0.29) is 18.0 Å². The monoisotopic (exact) mass is 243 g/mol. The van der Waals surface area contributed by atoms with Crippen LogP contribution < -0.4 is 10.5 Å². The van der Waals surface area contributed by atoms with Gasteiger partial charge in [0.05, 0.1) is 5.56 Å². The number of aromatic nitrogens is 1. The molecule has 0 atom stereocenters. The van der Waals surface area contributed by atoms with E-state index in [4.69, 9.17) is 15.7 Å². The molecule has 0 bridgehead atoms. The highest BCUT2D eigenvalue weighted by Gasteiger charge is 2.08. The zero-order chi connectivity index (χ0) is 13.0. The van der Waals surface area contributed by atoms with Crippen molar-refractivity contribution in [2.24, 2.45) is 0 Å². The molecule has 0 unspecified atom stereocenters. The van der Waals surface area contributed by atoms with Gasteiger partial charge < -0.3 is 10.5 Å². The fraction of sp³-hybridized carbons (Fsp3) is 0.0769. The van der Waals surface area contributed by atoms with Gasteiger partial charge in [-0.1, -0.05) is 12.1 Å². The second-order valence-corrected chi connectivity index (χ2v) is 3.57. The van der Waals surface area contributed by atoms with E-state index in [0.29, 0.717) is 11.3 Å². The normalized spacial score (nSPS) is 9.78. The van der Waals surface area contributed by atoms with Gasteiger partial charge in [-0.15, -0.1) is 0 Å². The molecule has 0 aliphatic rings. The quantitative estimate of drug-likeness (QED) is 0.897. The van der Waals surface area contributed by atoms with E-state index in [0.717, 1.165) is 0 Å². The van der Waals surface area contributed by atoms with Crippen LogP contribution in [0.4, 0.5) is 10.2 Å². The van der Waals surface area contributed by atoms with Crippen molar-refractivity contribution in [3.05, 3.63) is 53.5 Å². The highest BCUT2D eigenvalue weighted by atomic mass is 19.1. The van der Waals surface area contributed by atoms with Crippen LogP contribution in [-0.4, -0.2) is 4.98 Å². The van der Waals surface area contributed by atoms with Crippen LogP contribution in [0.15, 0.2) is 36.5 Å². The van der Waals surface area contributed by atoms with E-state index in [2.05, 4.69) is 4.98 Å². The van der Waals surface area contributed by atoms with Crippen molar-refractivity contribution in [3.8, 4) is 11.8 Å². The van der Waals surface area contributed by atoms with Crippen molar-refractivity contribution in [3.63, 3.8) is 0 Å². The number of benzene rings is 1. The maximum absolute atomic E-state index is 13.7. The fourth-order valence-electron chi connectivity index (χ4n) is 1.46. The minimum atomic E-state index is -0.567. The Kier molecular flexibility index (Phi) is 3.39. The molecule has 4 nitrogen and oxygen atoms in total. The Morgan fingerprint density at radius 1 is 1.33 bits per heavy atom. The summed E-state index contributed by atoms with van der Waals surface area (Å²) in [6.45, 7) is -0.00273. The SMILES string of the molecule is N#Cc1cccc(COc2cccnc2N)c1F. The van der Waals surface area contributed by atoms with Crippen molar-refractivity contribution >= 4 is 5.82 Å². The van der Waals surface area contributed by atoms with Gasteiger partial charge >= 0.3 is 0 Å². The first-order valence-corrected chi connectivity index (χ1v) is 5.23. The third kappa shape index (κ3) is 2.38. The molecule has 0 saturated carbocycles. The summed E-state index contributed by atoms with van der Waals surface area (Å²) in [5, 5.41) is 8.71. The summed E-state index contributed by atoms with van der Waals surface area (Å²) in [7, 11) is 0. The van der Waals surface area contributed by atoms with Gasteiger partial charge in [0.15, 0.2) is 11.6 Å². The maximum Gasteiger partial charge on any atom is 0.166 e. The van der Waals surface area contributed by atoms with Gasteiger partial charge in [0.25, 0.3) is 0 Å². The molecule has 18 heavy (non-hydrogen) atoms. The predicted molar refractivity (Wildman–Crippen MR) is 64.1 cm³/mol. The molecule has 1 heterocycles. The van der Waals surface area contributed by atoms with Gasteiger partial charge in [0.1, 0.15) is 18.5 Å². The van der Waals surface area contributed by atoms with Crippen molar-refractivity contribution in [2.45, 2.75) is 6.61 Å². The number of nitrogens with two attached hydrogens (primary N) is 1. The van der Waals surface area contributed by atoms with Gasteiger partial charge in [0, 0.05) is 11.8 Å². The van der Waals surface area contributed by atoms with E-state index in [1.165, 1.54) is 6.07 Å². The summed E-state index contributed by atoms with van der Waals surface area (Å²) >= 11 is 0. The van der Waals surface area contributed by atoms with E-state index >= 15 is 0 Å².